The number of benzene rings is 1. The number of ether oxygens (including phenoxy) is 1. The molecule has 0 bridgehead atoms. The van der Waals surface area contributed by atoms with Crippen LogP contribution in [0.5, 0.6) is 0 Å². The third kappa shape index (κ3) is 4.13. The Hall–Kier alpha value is -0.710. The van der Waals surface area contributed by atoms with Gasteiger partial charge in [0.25, 0.3) is 0 Å². The van der Waals surface area contributed by atoms with E-state index < -0.39 is 0 Å². The first-order chi connectivity index (χ1) is 9.06. The van der Waals surface area contributed by atoms with E-state index in [9.17, 15) is 0 Å². The van der Waals surface area contributed by atoms with Gasteiger partial charge in [-0.15, -0.1) is 11.8 Å². The SMILES string of the molecule is Cc1ccc(SCC2CN(C(C)C)CCO2)c(N)c1. The zero-order valence-electron chi connectivity index (χ0n) is 12.1. The van der Waals surface area contributed by atoms with Gasteiger partial charge in [-0.25, -0.2) is 0 Å². The first-order valence-corrected chi connectivity index (χ1v) is 7.89. The zero-order chi connectivity index (χ0) is 13.8. The third-order valence-corrected chi connectivity index (χ3v) is 4.71. The molecule has 0 aliphatic carbocycles. The van der Waals surface area contributed by atoms with Crippen LogP contribution in [0, 0.1) is 6.92 Å². The minimum Gasteiger partial charge on any atom is -0.398 e. The molecule has 1 heterocycles. The molecule has 0 saturated carbocycles. The monoisotopic (exact) mass is 280 g/mol. The van der Waals surface area contributed by atoms with Gasteiger partial charge in [0, 0.05) is 35.5 Å². The minimum atomic E-state index is 0.307. The lowest BCUT2D eigenvalue weighted by Gasteiger charge is -2.35. The number of hydrogen-bond acceptors (Lipinski definition) is 4. The van der Waals surface area contributed by atoms with Gasteiger partial charge in [0.2, 0.25) is 0 Å². The summed E-state index contributed by atoms with van der Waals surface area (Å²) in [5.74, 6) is 0.969. The van der Waals surface area contributed by atoms with E-state index in [1.165, 1.54) is 5.56 Å². The molecule has 1 aliphatic heterocycles. The Balaban J connectivity index is 1.88. The molecule has 3 nitrogen and oxygen atoms in total. The second kappa shape index (κ2) is 6.64. The fourth-order valence-corrected chi connectivity index (χ4v) is 3.25. The maximum atomic E-state index is 6.04. The number of hydrogen-bond donors (Lipinski definition) is 1. The summed E-state index contributed by atoms with van der Waals surface area (Å²) in [5, 5.41) is 0. The number of nitrogen functional groups attached to an aromatic ring is 1. The molecule has 2 N–H and O–H groups in total. The number of anilines is 1. The van der Waals surface area contributed by atoms with Crippen molar-refractivity contribution >= 4 is 17.4 Å². The van der Waals surface area contributed by atoms with E-state index in [1.807, 2.05) is 6.07 Å². The highest BCUT2D eigenvalue weighted by molar-refractivity contribution is 7.99. The fraction of sp³-hybridized carbons (Fsp3) is 0.600. The molecular formula is C15H24N2OS. The van der Waals surface area contributed by atoms with Gasteiger partial charge >= 0.3 is 0 Å². The number of nitrogens with zero attached hydrogens (tertiary/aromatic N) is 1. The van der Waals surface area contributed by atoms with Crippen molar-refractivity contribution in [1.82, 2.24) is 4.90 Å². The molecule has 0 spiro atoms. The molecule has 0 aromatic heterocycles. The van der Waals surface area contributed by atoms with Gasteiger partial charge in [0.1, 0.15) is 0 Å². The standard InChI is InChI=1S/C15H24N2OS/c1-11(2)17-6-7-18-13(9-17)10-19-15-5-4-12(3)8-14(15)16/h4-5,8,11,13H,6-7,9-10,16H2,1-3H3. The molecule has 4 heteroatoms. The van der Waals surface area contributed by atoms with Crippen LogP contribution in [0.1, 0.15) is 19.4 Å². The van der Waals surface area contributed by atoms with E-state index in [-0.39, 0.29) is 0 Å². The summed E-state index contributed by atoms with van der Waals surface area (Å²) < 4.78 is 5.84. The number of rotatable bonds is 4. The van der Waals surface area contributed by atoms with Crippen LogP contribution in [0.2, 0.25) is 0 Å². The third-order valence-electron chi connectivity index (χ3n) is 3.49. The Bertz CT molecular complexity index is 423. The molecule has 1 aliphatic rings. The summed E-state index contributed by atoms with van der Waals surface area (Å²) in [6, 6.07) is 6.85. The first-order valence-electron chi connectivity index (χ1n) is 6.91. The Morgan fingerprint density at radius 3 is 2.95 bits per heavy atom. The highest BCUT2D eigenvalue weighted by Crippen LogP contribution is 2.27. The Morgan fingerprint density at radius 2 is 2.26 bits per heavy atom. The summed E-state index contributed by atoms with van der Waals surface area (Å²) in [5.41, 5.74) is 8.13. The van der Waals surface area contributed by atoms with Gasteiger partial charge in [-0.2, -0.15) is 0 Å². The molecule has 1 saturated heterocycles. The smallest absolute Gasteiger partial charge is 0.0796 e. The van der Waals surface area contributed by atoms with Gasteiger partial charge in [-0.05, 0) is 38.5 Å². The predicted molar refractivity (Wildman–Crippen MR) is 82.8 cm³/mol. The van der Waals surface area contributed by atoms with Crippen molar-refractivity contribution in [3.8, 4) is 0 Å². The zero-order valence-corrected chi connectivity index (χ0v) is 12.9. The molecule has 1 unspecified atom stereocenters. The molecule has 1 aromatic rings. The van der Waals surface area contributed by atoms with E-state index in [4.69, 9.17) is 10.5 Å². The van der Waals surface area contributed by atoms with Gasteiger partial charge < -0.3 is 10.5 Å². The predicted octanol–water partition coefficient (Wildman–Crippen LogP) is 2.78. The number of thioether (sulfide) groups is 1. The first kappa shape index (κ1) is 14.7. The Kier molecular flexibility index (Phi) is 5.13. The average molecular weight is 280 g/mol. The Labute approximate surface area is 120 Å². The second-order valence-electron chi connectivity index (χ2n) is 5.43. The summed E-state index contributed by atoms with van der Waals surface area (Å²) in [6.45, 7) is 9.46. The van der Waals surface area contributed by atoms with Crippen LogP contribution in [0.15, 0.2) is 23.1 Å². The van der Waals surface area contributed by atoms with Crippen molar-refractivity contribution in [2.75, 3.05) is 31.2 Å². The van der Waals surface area contributed by atoms with Gasteiger partial charge in [-0.1, -0.05) is 6.07 Å². The molecular weight excluding hydrogens is 256 g/mol. The second-order valence-corrected chi connectivity index (χ2v) is 6.50. The van der Waals surface area contributed by atoms with Crippen LogP contribution in [-0.4, -0.2) is 42.5 Å². The van der Waals surface area contributed by atoms with Gasteiger partial charge in [0.15, 0.2) is 0 Å². The van der Waals surface area contributed by atoms with Crippen LogP contribution in [0.3, 0.4) is 0 Å². The lowest BCUT2D eigenvalue weighted by atomic mass is 10.2. The maximum absolute atomic E-state index is 6.04. The lowest BCUT2D eigenvalue weighted by molar-refractivity contribution is -0.0265. The number of morpholine rings is 1. The summed E-state index contributed by atoms with van der Waals surface area (Å²) in [4.78, 5) is 3.64. The fourth-order valence-electron chi connectivity index (χ4n) is 2.29. The topological polar surface area (TPSA) is 38.5 Å². The molecule has 0 radical (unpaired) electrons. The maximum Gasteiger partial charge on any atom is 0.0796 e. The highest BCUT2D eigenvalue weighted by atomic mass is 32.2. The van der Waals surface area contributed by atoms with Crippen molar-refractivity contribution in [3.63, 3.8) is 0 Å². The van der Waals surface area contributed by atoms with Crippen LogP contribution in [0.25, 0.3) is 0 Å². The van der Waals surface area contributed by atoms with Gasteiger partial charge in [0.05, 0.1) is 12.7 Å². The molecule has 19 heavy (non-hydrogen) atoms. The number of nitrogens with two attached hydrogens (primary N) is 1. The van der Waals surface area contributed by atoms with Crippen molar-refractivity contribution in [2.45, 2.75) is 37.8 Å². The van der Waals surface area contributed by atoms with Crippen LogP contribution >= 0.6 is 11.8 Å². The van der Waals surface area contributed by atoms with E-state index in [1.54, 1.807) is 11.8 Å². The molecule has 0 amide bonds. The van der Waals surface area contributed by atoms with Crippen LogP contribution in [0.4, 0.5) is 5.69 Å². The largest absolute Gasteiger partial charge is 0.398 e. The van der Waals surface area contributed by atoms with Crippen molar-refractivity contribution in [1.29, 1.82) is 0 Å². The van der Waals surface area contributed by atoms with E-state index in [0.717, 1.165) is 36.0 Å². The normalized spacial score (nSPS) is 20.9. The van der Waals surface area contributed by atoms with Crippen LogP contribution in [-0.2, 0) is 4.74 Å². The van der Waals surface area contributed by atoms with Crippen molar-refractivity contribution in [2.24, 2.45) is 0 Å². The van der Waals surface area contributed by atoms with Crippen molar-refractivity contribution < 1.29 is 4.74 Å². The summed E-state index contributed by atoms with van der Waals surface area (Å²) in [6.07, 6.45) is 0.307. The van der Waals surface area contributed by atoms with Crippen molar-refractivity contribution in [3.05, 3.63) is 23.8 Å². The average Bonchev–Trinajstić information content (AvgIpc) is 2.38. The van der Waals surface area contributed by atoms with E-state index >= 15 is 0 Å². The summed E-state index contributed by atoms with van der Waals surface area (Å²) >= 11 is 1.80. The summed E-state index contributed by atoms with van der Waals surface area (Å²) in [7, 11) is 0. The minimum absolute atomic E-state index is 0.307. The molecule has 2 rings (SSSR count). The van der Waals surface area contributed by atoms with Gasteiger partial charge in [-0.3, -0.25) is 4.90 Å². The molecule has 1 aromatic carbocycles. The highest BCUT2D eigenvalue weighted by Gasteiger charge is 2.22. The lowest BCUT2D eigenvalue weighted by Crippen LogP contribution is -2.46. The molecule has 1 fully saturated rings. The molecule has 1 atom stereocenters. The Morgan fingerprint density at radius 1 is 1.47 bits per heavy atom. The van der Waals surface area contributed by atoms with Crippen LogP contribution < -0.4 is 5.73 Å². The van der Waals surface area contributed by atoms with E-state index in [2.05, 4.69) is 37.8 Å². The quantitative estimate of drug-likeness (QED) is 0.680. The molecule has 106 valence electrons. The number of aryl methyl sites for hydroxylation is 1. The van der Waals surface area contributed by atoms with E-state index in [0.29, 0.717) is 12.1 Å².